The molecule has 0 aliphatic carbocycles. The van der Waals surface area contributed by atoms with Crippen molar-refractivity contribution in [3.63, 3.8) is 0 Å². The maximum absolute atomic E-state index is 13.1. The highest BCUT2D eigenvalue weighted by Gasteiger charge is 2.14. The summed E-state index contributed by atoms with van der Waals surface area (Å²) in [5.74, 6) is 0.0913. The van der Waals surface area contributed by atoms with Crippen molar-refractivity contribution < 1.29 is 8.81 Å². The van der Waals surface area contributed by atoms with E-state index < -0.39 is 5.82 Å². The number of benzene rings is 1. The van der Waals surface area contributed by atoms with Crippen LogP contribution in [0.3, 0.4) is 0 Å². The van der Waals surface area contributed by atoms with Gasteiger partial charge in [-0.1, -0.05) is 11.6 Å². The zero-order valence-electron chi connectivity index (χ0n) is 9.97. The first-order valence-corrected chi connectivity index (χ1v) is 5.72. The summed E-state index contributed by atoms with van der Waals surface area (Å²) in [5.41, 5.74) is 0.842. The summed E-state index contributed by atoms with van der Waals surface area (Å²) >= 11 is 5.87. The lowest BCUT2D eigenvalue weighted by Crippen LogP contribution is -2.35. The quantitative estimate of drug-likeness (QED) is 0.894. The minimum Gasteiger partial charge on any atom is -0.438 e. The van der Waals surface area contributed by atoms with Gasteiger partial charge < -0.3 is 9.73 Å². The number of rotatable bonds is 2. The van der Waals surface area contributed by atoms with Gasteiger partial charge in [-0.05, 0) is 26.8 Å². The second-order valence-electron chi connectivity index (χ2n) is 4.95. The molecule has 0 aliphatic heterocycles. The van der Waals surface area contributed by atoms with Crippen molar-refractivity contribution in [2.24, 2.45) is 0 Å². The Kier molecular flexibility index (Phi) is 3.10. The molecule has 0 bridgehead atoms. The molecule has 1 aromatic carbocycles. The molecule has 1 heterocycles. The van der Waals surface area contributed by atoms with Crippen LogP contribution in [-0.4, -0.2) is 10.5 Å². The fraction of sp³-hybridized carbons (Fsp3) is 0.417. The number of nitrogens with zero attached hydrogens (tertiary/aromatic N) is 1. The van der Waals surface area contributed by atoms with Crippen LogP contribution in [0, 0.1) is 5.82 Å². The molecule has 92 valence electrons. The number of halogens is 2. The Morgan fingerprint density at radius 2 is 2.12 bits per heavy atom. The molecule has 0 saturated heterocycles. The van der Waals surface area contributed by atoms with Crippen LogP contribution in [0.5, 0.6) is 0 Å². The largest absolute Gasteiger partial charge is 0.438 e. The molecule has 0 aliphatic rings. The Bertz CT molecular complexity index is 545. The standard InChI is InChI=1S/C12H14ClFN2O/c1-12(2,3)15-6-10-16-9-5-7(14)4-8(13)11(9)17-10/h4-5,15H,6H2,1-3H3. The molecule has 5 heteroatoms. The van der Waals surface area contributed by atoms with Crippen molar-refractivity contribution in [1.29, 1.82) is 0 Å². The summed E-state index contributed by atoms with van der Waals surface area (Å²) in [6.45, 7) is 6.61. The van der Waals surface area contributed by atoms with Crippen molar-refractivity contribution >= 4 is 22.7 Å². The lowest BCUT2D eigenvalue weighted by Gasteiger charge is -2.18. The third-order valence-electron chi connectivity index (χ3n) is 2.22. The molecule has 0 amide bonds. The second kappa shape index (κ2) is 4.27. The van der Waals surface area contributed by atoms with Crippen molar-refractivity contribution in [1.82, 2.24) is 10.3 Å². The Morgan fingerprint density at radius 1 is 1.41 bits per heavy atom. The van der Waals surface area contributed by atoms with Gasteiger partial charge in [0, 0.05) is 11.6 Å². The highest BCUT2D eigenvalue weighted by Crippen LogP contribution is 2.25. The molecule has 0 fully saturated rings. The van der Waals surface area contributed by atoms with Crippen LogP contribution in [0.1, 0.15) is 26.7 Å². The van der Waals surface area contributed by atoms with Crippen LogP contribution < -0.4 is 5.32 Å². The van der Waals surface area contributed by atoms with Crippen LogP contribution in [0.25, 0.3) is 11.1 Å². The van der Waals surface area contributed by atoms with Gasteiger partial charge in [0.25, 0.3) is 0 Å². The molecule has 2 aromatic rings. The van der Waals surface area contributed by atoms with Crippen LogP contribution >= 0.6 is 11.6 Å². The van der Waals surface area contributed by atoms with E-state index in [0.717, 1.165) is 0 Å². The summed E-state index contributed by atoms with van der Waals surface area (Å²) in [4.78, 5) is 4.18. The van der Waals surface area contributed by atoms with Gasteiger partial charge in [-0.15, -0.1) is 0 Å². The highest BCUT2D eigenvalue weighted by atomic mass is 35.5. The molecular formula is C12H14ClFN2O. The number of nitrogens with one attached hydrogen (secondary N) is 1. The average molecular weight is 257 g/mol. The molecule has 17 heavy (non-hydrogen) atoms. The van der Waals surface area contributed by atoms with Crippen molar-refractivity contribution in [2.45, 2.75) is 32.9 Å². The minimum atomic E-state index is -0.411. The Morgan fingerprint density at radius 3 is 2.76 bits per heavy atom. The SMILES string of the molecule is CC(C)(C)NCc1nc2cc(F)cc(Cl)c2o1. The van der Waals surface area contributed by atoms with Crippen LogP contribution in [-0.2, 0) is 6.54 Å². The number of hydrogen-bond acceptors (Lipinski definition) is 3. The van der Waals surface area contributed by atoms with Gasteiger partial charge in [-0.25, -0.2) is 9.37 Å². The van der Waals surface area contributed by atoms with E-state index in [1.165, 1.54) is 12.1 Å². The summed E-state index contributed by atoms with van der Waals surface area (Å²) in [5, 5.41) is 3.49. The van der Waals surface area contributed by atoms with Crippen LogP contribution in [0.15, 0.2) is 16.5 Å². The predicted molar refractivity (Wildman–Crippen MR) is 65.6 cm³/mol. The third-order valence-corrected chi connectivity index (χ3v) is 2.50. The number of fused-ring (bicyclic) bond motifs is 1. The first kappa shape index (κ1) is 12.3. The van der Waals surface area contributed by atoms with E-state index in [9.17, 15) is 4.39 Å². The fourth-order valence-electron chi connectivity index (χ4n) is 1.42. The summed E-state index contributed by atoms with van der Waals surface area (Å²) in [6, 6.07) is 2.53. The van der Waals surface area contributed by atoms with E-state index in [-0.39, 0.29) is 10.6 Å². The van der Waals surface area contributed by atoms with E-state index in [2.05, 4.69) is 10.3 Å². The summed E-state index contributed by atoms with van der Waals surface area (Å²) in [7, 11) is 0. The van der Waals surface area contributed by atoms with E-state index in [1.807, 2.05) is 20.8 Å². The Labute approximate surface area is 104 Å². The average Bonchev–Trinajstić information content (AvgIpc) is 2.56. The zero-order chi connectivity index (χ0) is 12.6. The minimum absolute atomic E-state index is 0.0320. The molecule has 0 spiro atoms. The summed E-state index contributed by atoms with van der Waals surface area (Å²) in [6.07, 6.45) is 0. The van der Waals surface area contributed by atoms with E-state index >= 15 is 0 Å². The molecule has 2 rings (SSSR count). The third kappa shape index (κ3) is 2.96. The Balaban J connectivity index is 2.29. The predicted octanol–water partition coefficient (Wildman–Crippen LogP) is 3.51. The van der Waals surface area contributed by atoms with Gasteiger partial charge in [-0.2, -0.15) is 0 Å². The topological polar surface area (TPSA) is 38.1 Å². The molecule has 1 aromatic heterocycles. The highest BCUT2D eigenvalue weighted by molar-refractivity contribution is 6.34. The Hall–Kier alpha value is -1.13. The maximum atomic E-state index is 13.1. The van der Waals surface area contributed by atoms with Crippen LogP contribution in [0.4, 0.5) is 4.39 Å². The smallest absolute Gasteiger partial charge is 0.209 e. The van der Waals surface area contributed by atoms with Crippen molar-refractivity contribution in [3.8, 4) is 0 Å². The fourth-order valence-corrected chi connectivity index (χ4v) is 1.66. The number of aromatic nitrogens is 1. The number of oxazole rings is 1. The van der Waals surface area contributed by atoms with Gasteiger partial charge in [0.05, 0.1) is 11.6 Å². The maximum Gasteiger partial charge on any atom is 0.209 e. The van der Waals surface area contributed by atoms with Gasteiger partial charge in [0.2, 0.25) is 5.89 Å². The lowest BCUT2D eigenvalue weighted by atomic mass is 10.1. The first-order chi connectivity index (χ1) is 7.85. The normalized spacial score (nSPS) is 12.3. The van der Waals surface area contributed by atoms with E-state index in [1.54, 1.807) is 0 Å². The monoisotopic (exact) mass is 256 g/mol. The molecule has 3 nitrogen and oxygen atoms in total. The number of hydrogen-bond donors (Lipinski definition) is 1. The molecule has 0 unspecified atom stereocenters. The van der Waals surface area contributed by atoms with Gasteiger partial charge in [-0.3, -0.25) is 0 Å². The zero-order valence-corrected chi connectivity index (χ0v) is 10.7. The van der Waals surface area contributed by atoms with Gasteiger partial charge in [0.1, 0.15) is 11.3 Å². The molecule has 1 N–H and O–H groups in total. The van der Waals surface area contributed by atoms with E-state index in [4.69, 9.17) is 16.0 Å². The molecule has 0 atom stereocenters. The molecular weight excluding hydrogens is 243 g/mol. The van der Waals surface area contributed by atoms with Gasteiger partial charge >= 0.3 is 0 Å². The van der Waals surface area contributed by atoms with Crippen molar-refractivity contribution in [3.05, 3.63) is 28.9 Å². The lowest BCUT2D eigenvalue weighted by molar-refractivity contribution is 0.388. The van der Waals surface area contributed by atoms with E-state index in [0.29, 0.717) is 23.5 Å². The molecule has 0 saturated carbocycles. The molecule has 0 radical (unpaired) electrons. The van der Waals surface area contributed by atoms with Crippen molar-refractivity contribution in [2.75, 3.05) is 0 Å². The van der Waals surface area contributed by atoms with Gasteiger partial charge in [0.15, 0.2) is 5.58 Å². The first-order valence-electron chi connectivity index (χ1n) is 5.35. The second-order valence-corrected chi connectivity index (χ2v) is 5.35. The van der Waals surface area contributed by atoms with Crippen LogP contribution in [0.2, 0.25) is 5.02 Å². The summed E-state index contributed by atoms with van der Waals surface area (Å²) < 4.78 is 18.6.